The Balaban J connectivity index is 4.90. The highest BCUT2D eigenvalue weighted by molar-refractivity contribution is 6.03. The fourth-order valence-electron chi connectivity index (χ4n) is 0.963. The lowest BCUT2D eigenvalue weighted by molar-refractivity contribution is -0.133. The van der Waals surface area contributed by atoms with E-state index in [1.807, 2.05) is 0 Å². The molecule has 15 heavy (non-hydrogen) atoms. The molecule has 1 atom stereocenters. The van der Waals surface area contributed by atoms with Crippen molar-refractivity contribution in [2.45, 2.75) is 26.4 Å². The summed E-state index contributed by atoms with van der Waals surface area (Å²) in [4.78, 5) is 11.7. The zero-order valence-corrected chi connectivity index (χ0v) is 9.59. The van der Waals surface area contributed by atoms with Crippen molar-refractivity contribution in [1.29, 1.82) is 0 Å². The number of carbonyl (C=O) groups excluding carboxylic acids is 1. The normalized spacial score (nSPS) is 13.9. The van der Waals surface area contributed by atoms with E-state index in [1.165, 1.54) is 6.92 Å². The van der Waals surface area contributed by atoms with Crippen LogP contribution in [-0.2, 0) is 9.53 Å². The third kappa shape index (κ3) is 3.36. The van der Waals surface area contributed by atoms with Gasteiger partial charge in [-0.25, -0.2) is 0 Å². The summed E-state index contributed by atoms with van der Waals surface area (Å²) in [6, 6.07) is 0. The second-order valence-electron chi connectivity index (χ2n) is 3.74. The van der Waals surface area contributed by atoms with Crippen molar-refractivity contribution in [3.63, 3.8) is 0 Å². The summed E-state index contributed by atoms with van der Waals surface area (Å²) < 4.78 is 5.07. The van der Waals surface area contributed by atoms with E-state index in [0.717, 1.165) is 0 Å². The lowest BCUT2D eigenvalue weighted by Crippen LogP contribution is -2.44. The highest BCUT2D eigenvalue weighted by Gasteiger charge is 2.37. The second-order valence-corrected chi connectivity index (χ2v) is 3.74. The quantitative estimate of drug-likeness (QED) is 0.414. The van der Waals surface area contributed by atoms with Crippen LogP contribution in [0, 0.1) is 0 Å². The number of carbonyl (C=O) groups is 1. The minimum Gasteiger partial charge on any atom is -0.495 e. The summed E-state index contributed by atoms with van der Waals surface area (Å²) in [6.45, 7) is 15.2. The predicted molar refractivity (Wildman–Crippen MR) is 60.4 cm³/mol. The first-order valence-electron chi connectivity index (χ1n) is 4.58. The number of allylic oxidation sites excluding steroid dienone is 1. The average Bonchev–Trinajstić information content (AvgIpc) is 2.12. The van der Waals surface area contributed by atoms with Gasteiger partial charge in [-0.3, -0.25) is 4.79 Å². The molecule has 0 radical (unpaired) electrons. The van der Waals surface area contributed by atoms with Crippen molar-refractivity contribution in [3.05, 3.63) is 36.6 Å². The monoisotopic (exact) mass is 210 g/mol. The Labute approximate surface area is 90.8 Å². The van der Waals surface area contributed by atoms with Crippen LogP contribution in [-0.4, -0.2) is 23.1 Å². The molecule has 0 bridgehead atoms. The molecule has 0 aromatic rings. The number of hydrogen-bond acceptors (Lipinski definition) is 3. The van der Waals surface area contributed by atoms with Gasteiger partial charge >= 0.3 is 0 Å². The van der Waals surface area contributed by atoms with E-state index in [4.69, 9.17) is 4.74 Å². The van der Waals surface area contributed by atoms with Gasteiger partial charge < -0.3 is 9.84 Å². The highest BCUT2D eigenvalue weighted by Crippen LogP contribution is 2.21. The van der Waals surface area contributed by atoms with Crippen LogP contribution in [0.1, 0.15) is 20.8 Å². The largest absolute Gasteiger partial charge is 0.495 e. The summed E-state index contributed by atoms with van der Waals surface area (Å²) in [7, 11) is 0. The van der Waals surface area contributed by atoms with Gasteiger partial charge in [0.25, 0.3) is 0 Å². The van der Waals surface area contributed by atoms with E-state index < -0.39 is 11.4 Å². The van der Waals surface area contributed by atoms with Crippen LogP contribution in [0.5, 0.6) is 0 Å². The SMILES string of the molecule is C=C(C)OCC(O)(C(=C)C)C(=O)C(=C)C. The van der Waals surface area contributed by atoms with Crippen molar-refractivity contribution in [1.82, 2.24) is 0 Å². The fourth-order valence-corrected chi connectivity index (χ4v) is 0.963. The van der Waals surface area contributed by atoms with Crippen LogP contribution in [0.3, 0.4) is 0 Å². The smallest absolute Gasteiger partial charge is 0.197 e. The molecule has 0 aromatic carbocycles. The van der Waals surface area contributed by atoms with Crippen molar-refractivity contribution in [3.8, 4) is 0 Å². The molecule has 0 fully saturated rings. The van der Waals surface area contributed by atoms with Gasteiger partial charge in [0.15, 0.2) is 11.4 Å². The van der Waals surface area contributed by atoms with E-state index in [0.29, 0.717) is 11.3 Å². The Morgan fingerprint density at radius 3 is 2.00 bits per heavy atom. The zero-order valence-electron chi connectivity index (χ0n) is 9.59. The molecule has 0 aliphatic heterocycles. The minimum absolute atomic E-state index is 0.177. The number of aliphatic hydroxyl groups is 1. The summed E-state index contributed by atoms with van der Waals surface area (Å²) in [5.41, 5.74) is -1.10. The molecule has 0 saturated heterocycles. The van der Waals surface area contributed by atoms with Gasteiger partial charge in [0.2, 0.25) is 0 Å². The van der Waals surface area contributed by atoms with Crippen LogP contribution in [0.15, 0.2) is 36.6 Å². The second kappa shape index (κ2) is 4.94. The number of ketones is 1. The van der Waals surface area contributed by atoms with Gasteiger partial charge in [-0.05, 0) is 31.9 Å². The fraction of sp³-hybridized carbons (Fsp3) is 0.417. The average molecular weight is 210 g/mol. The molecule has 0 saturated carbocycles. The first kappa shape index (κ1) is 13.7. The molecule has 3 nitrogen and oxygen atoms in total. The molecule has 0 spiro atoms. The van der Waals surface area contributed by atoms with Gasteiger partial charge in [0, 0.05) is 0 Å². The molecule has 1 N–H and O–H groups in total. The molecule has 0 aliphatic rings. The number of rotatable bonds is 6. The topological polar surface area (TPSA) is 46.5 Å². The van der Waals surface area contributed by atoms with E-state index >= 15 is 0 Å². The Morgan fingerprint density at radius 1 is 1.27 bits per heavy atom. The highest BCUT2D eigenvalue weighted by atomic mass is 16.5. The third-order valence-corrected chi connectivity index (χ3v) is 2.00. The molecular formula is C12H18O3. The first-order chi connectivity index (χ1) is 6.71. The van der Waals surface area contributed by atoms with E-state index in [2.05, 4.69) is 19.7 Å². The van der Waals surface area contributed by atoms with Crippen molar-refractivity contribution < 1.29 is 14.6 Å². The lowest BCUT2D eigenvalue weighted by Gasteiger charge is -2.27. The molecule has 3 heteroatoms. The summed E-state index contributed by atoms with van der Waals surface area (Å²) in [5.74, 6) is -0.0413. The Hall–Kier alpha value is -1.35. The maximum atomic E-state index is 11.7. The van der Waals surface area contributed by atoms with Crippen molar-refractivity contribution in [2.24, 2.45) is 0 Å². The van der Waals surface area contributed by atoms with E-state index in [-0.39, 0.29) is 12.2 Å². The predicted octanol–water partition coefficient (Wildman–Crippen LogP) is 1.99. The zero-order chi connectivity index (χ0) is 12.2. The van der Waals surface area contributed by atoms with Crippen molar-refractivity contribution >= 4 is 5.78 Å². The molecule has 0 aromatic heterocycles. The lowest BCUT2D eigenvalue weighted by atomic mass is 9.89. The minimum atomic E-state index is -1.70. The summed E-state index contributed by atoms with van der Waals surface area (Å²) in [6.07, 6.45) is 0. The molecule has 0 rings (SSSR count). The van der Waals surface area contributed by atoms with E-state index in [9.17, 15) is 9.90 Å². The van der Waals surface area contributed by atoms with Crippen LogP contribution >= 0.6 is 0 Å². The first-order valence-corrected chi connectivity index (χ1v) is 4.58. The van der Waals surface area contributed by atoms with Crippen molar-refractivity contribution in [2.75, 3.05) is 6.61 Å². The molecule has 0 heterocycles. The standard InChI is InChI=1S/C12H18O3/c1-8(2)11(13)12(14,9(3)4)7-15-10(5)6/h14H,1,3,5,7H2,2,4,6H3. The maximum absolute atomic E-state index is 11.7. The Morgan fingerprint density at radius 2 is 1.73 bits per heavy atom. The molecule has 0 amide bonds. The Kier molecular flexibility index (Phi) is 4.49. The van der Waals surface area contributed by atoms with Gasteiger partial charge in [0.05, 0.1) is 5.76 Å². The van der Waals surface area contributed by atoms with Gasteiger partial charge in [-0.15, -0.1) is 0 Å². The van der Waals surface area contributed by atoms with Crippen LogP contribution in [0.25, 0.3) is 0 Å². The van der Waals surface area contributed by atoms with E-state index in [1.54, 1.807) is 13.8 Å². The third-order valence-electron chi connectivity index (χ3n) is 2.00. The van der Waals surface area contributed by atoms with Gasteiger partial charge in [0.1, 0.15) is 6.61 Å². The number of Topliss-reactive ketones (excluding diaryl/α,β-unsaturated/α-hetero) is 1. The number of hydrogen-bond donors (Lipinski definition) is 1. The molecular weight excluding hydrogens is 192 g/mol. The number of ether oxygens (including phenoxy) is 1. The molecule has 84 valence electrons. The summed E-state index contributed by atoms with van der Waals surface area (Å²) in [5, 5.41) is 10.1. The van der Waals surface area contributed by atoms with Crippen LogP contribution < -0.4 is 0 Å². The maximum Gasteiger partial charge on any atom is 0.197 e. The molecule has 0 aliphatic carbocycles. The molecule has 1 unspecified atom stereocenters. The van der Waals surface area contributed by atoms with Gasteiger partial charge in [-0.1, -0.05) is 19.7 Å². The summed E-state index contributed by atoms with van der Waals surface area (Å²) >= 11 is 0. The Bertz CT molecular complexity index is 315. The van der Waals surface area contributed by atoms with Crippen LogP contribution in [0.2, 0.25) is 0 Å². The van der Waals surface area contributed by atoms with Crippen LogP contribution in [0.4, 0.5) is 0 Å². The van der Waals surface area contributed by atoms with Gasteiger partial charge in [-0.2, -0.15) is 0 Å².